The molecule has 1 unspecified atom stereocenters. The molecule has 2 nitrogen and oxygen atoms in total. The number of benzene rings is 1. The predicted molar refractivity (Wildman–Crippen MR) is 70.7 cm³/mol. The van der Waals surface area contributed by atoms with Crippen LogP contribution < -0.4 is 5.32 Å². The zero-order valence-electron chi connectivity index (χ0n) is 11.9. The summed E-state index contributed by atoms with van der Waals surface area (Å²) in [6.45, 7) is 5.55. The van der Waals surface area contributed by atoms with Crippen molar-refractivity contribution in [3.05, 3.63) is 34.9 Å². The van der Waals surface area contributed by atoms with Crippen molar-refractivity contribution in [1.82, 2.24) is 10.2 Å². The fourth-order valence-electron chi connectivity index (χ4n) is 2.05. The Morgan fingerprint density at radius 1 is 1.22 bits per heavy atom. The zero-order chi connectivity index (χ0) is 14.1. The van der Waals surface area contributed by atoms with Gasteiger partial charge < -0.3 is 10.2 Å². The molecule has 0 spiro atoms. The van der Waals surface area contributed by atoms with Gasteiger partial charge in [0, 0.05) is 11.1 Å². The third-order valence-corrected chi connectivity index (χ3v) is 3.76. The first kappa shape index (κ1) is 15.1. The van der Waals surface area contributed by atoms with Gasteiger partial charge in [-0.15, -0.1) is 0 Å². The van der Waals surface area contributed by atoms with Crippen LogP contribution in [0.15, 0.2) is 12.1 Å². The summed E-state index contributed by atoms with van der Waals surface area (Å²) >= 11 is 0. The molecule has 102 valence electrons. The second-order valence-electron chi connectivity index (χ2n) is 5.36. The molecule has 4 heteroatoms. The molecule has 0 saturated carbocycles. The minimum atomic E-state index is -0.507. The molecule has 1 atom stereocenters. The molecule has 1 aromatic carbocycles. The minimum Gasteiger partial charge on any atom is -0.311 e. The number of nitrogens with one attached hydrogen (secondary N) is 1. The van der Waals surface area contributed by atoms with E-state index in [4.69, 9.17) is 0 Å². The van der Waals surface area contributed by atoms with Gasteiger partial charge in [0.2, 0.25) is 0 Å². The van der Waals surface area contributed by atoms with Gasteiger partial charge in [-0.25, -0.2) is 8.78 Å². The maximum absolute atomic E-state index is 14.2. The monoisotopic (exact) mass is 256 g/mol. The SMILES string of the molecule is CNC(c1c(F)ccc(C)c1F)C(C)(C)N(C)C. The quantitative estimate of drug-likeness (QED) is 0.891. The fourth-order valence-corrected chi connectivity index (χ4v) is 2.05. The Morgan fingerprint density at radius 2 is 1.78 bits per heavy atom. The Hall–Kier alpha value is -1.00. The van der Waals surface area contributed by atoms with Gasteiger partial charge in [-0.3, -0.25) is 0 Å². The molecule has 18 heavy (non-hydrogen) atoms. The maximum atomic E-state index is 14.2. The third kappa shape index (κ3) is 2.54. The molecular weight excluding hydrogens is 234 g/mol. The molecule has 0 heterocycles. The van der Waals surface area contributed by atoms with Gasteiger partial charge in [-0.2, -0.15) is 0 Å². The summed E-state index contributed by atoms with van der Waals surface area (Å²) in [5.41, 5.74) is 0.155. The highest BCUT2D eigenvalue weighted by Gasteiger charge is 2.35. The average molecular weight is 256 g/mol. The summed E-state index contributed by atoms with van der Waals surface area (Å²) < 4.78 is 28.2. The number of hydrogen-bond acceptors (Lipinski definition) is 2. The Bertz CT molecular complexity index is 428. The van der Waals surface area contributed by atoms with Crippen LogP contribution >= 0.6 is 0 Å². The summed E-state index contributed by atoms with van der Waals surface area (Å²) in [4.78, 5) is 1.95. The van der Waals surface area contributed by atoms with Crippen molar-refractivity contribution >= 4 is 0 Å². The molecule has 0 fully saturated rings. The van der Waals surface area contributed by atoms with Gasteiger partial charge in [0.25, 0.3) is 0 Å². The Labute approximate surface area is 108 Å². The van der Waals surface area contributed by atoms with Crippen LogP contribution in [0.3, 0.4) is 0 Å². The Morgan fingerprint density at radius 3 is 2.22 bits per heavy atom. The predicted octanol–water partition coefficient (Wildman–Crippen LogP) is 2.87. The standard InChI is InChI=1S/C14H22F2N2/c1-9-7-8-10(15)11(12(9)16)13(17-4)14(2,3)18(5)6/h7-8,13,17H,1-6H3. The molecule has 1 aromatic rings. The smallest absolute Gasteiger partial charge is 0.133 e. The van der Waals surface area contributed by atoms with Crippen molar-refractivity contribution in [2.75, 3.05) is 21.1 Å². The van der Waals surface area contributed by atoms with Crippen LogP contribution in [-0.2, 0) is 0 Å². The first-order valence-corrected chi connectivity index (χ1v) is 6.02. The van der Waals surface area contributed by atoms with Gasteiger partial charge in [0.15, 0.2) is 0 Å². The van der Waals surface area contributed by atoms with E-state index in [1.165, 1.54) is 12.1 Å². The van der Waals surface area contributed by atoms with Crippen molar-refractivity contribution in [3.8, 4) is 0 Å². The largest absolute Gasteiger partial charge is 0.311 e. The highest BCUT2D eigenvalue weighted by atomic mass is 19.1. The van der Waals surface area contributed by atoms with Crippen LogP contribution in [0.5, 0.6) is 0 Å². The van der Waals surface area contributed by atoms with Crippen LogP contribution in [-0.4, -0.2) is 31.6 Å². The van der Waals surface area contributed by atoms with Crippen molar-refractivity contribution in [2.24, 2.45) is 0 Å². The summed E-state index contributed by atoms with van der Waals surface area (Å²) in [5.74, 6) is -0.975. The van der Waals surface area contributed by atoms with Crippen LogP contribution in [0.2, 0.25) is 0 Å². The molecule has 0 aliphatic rings. The Balaban J connectivity index is 3.38. The summed E-state index contributed by atoms with van der Waals surface area (Å²) in [5, 5.41) is 3.03. The van der Waals surface area contributed by atoms with E-state index in [-0.39, 0.29) is 5.56 Å². The van der Waals surface area contributed by atoms with Crippen LogP contribution in [0, 0.1) is 18.6 Å². The third-order valence-electron chi connectivity index (χ3n) is 3.76. The number of hydrogen-bond donors (Lipinski definition) is 1. The average Bonchev–Trinajstić information content (AvgIpc) is 2.29. The van der Waals surface area contributed by atoms with E-state index in [0.717, 1.165) is 0 Å². The molecule has 0 aliphatic carbocycles. The van der Waals surface area contributed by atoms with Gasteiger partial charge in [-0.1, -0.05) is 6.07 Å². The highest BCUT2D eigenvalue weighted by molar-refractivity contribution is 5.31. The lowest BCUT2D eigenvalue weighted by atomic mass is 9.86. The van der Waals surface area contributed by atoms with Crippen LogP contribution in [0.1, 0.15) is 31.0 Å². The summed E-state index contributed by atoms with van der Waals surface area (Å²) in [6.07, 6.45) is 0. The highest BCUT2D eigenvalue weighted by Crippen LogP contribution is 2.33. The molecule has 0 aromatic heterocycles. The molecule has 0 saturated heterocycles. The first-order valence-electron chi connectivity index (χ1n) is 6.02. The van der Waals surface area contributed by atoms with Crippen molar-refractivity contribution in [2.45, 2.75) is 32.4 Å². The van der Waals surface area contributed by atoms with E-state index in [9.17, 15) is 8.78 Å². The summed E-state index contributed by atoms with van der Waals surface area (Å²) in [6, 6.07) is 2.36. The van der Waals surface area contributed by atoms with Gasteiger partial charge in [0.05, 0.1) is 6.04 Å². The van der Waals surface area contributed by atoms with Gasteiger partial charge >= 0.3 is 0 Å². The van der Waals surface area contributed by atoms with E-state index in [1.54, 1.807) is 14.0 Å². The number of nitrogens with zero attached hydrogens (tertiary/aromatic N) is 1. The van der Waals surface area contributed by atoms with E-state index in [0.29, 0.717) is 5.56 Å². The molecule has 0 radical (unpaired) electrons. The van der Waals surface area contributed by atoms with E-state index in [2.05, 4.69) is 5.32 Å². The molecule has 1 N–H and O–H groups in total. The molecule has 0 aliphatic heterocycles. The fraction of sp³-hybridized carbons (Fsp3) is 0.571. The zero-order valence-corrected chi connectivity index (χ0v) is 11.9. The molecular formula is C14H22F2N2. The van der Waals surface area contributed by atoms with Crippen LogP contribution in [0.4, 0.5) is 8.78 Å². The van der Waals surface area contributed by atoms with Crippen molar-refractivity contribution < 1.29 is 8.78 Å². The van der Waals surface area contributed by atoms with Crippen molar-refractivity contribution in [1.29, 1.82) is 0 Å². The Kier molecular flexibility index (Phi) is 4.46. The lowest BCUT2D eigenvalue weighted by Crippen LogP contribution is -2.49. The first-order chi connectivity index (χ1) is 8.23. The van der Waals surface area contributed by atoms with Crippen LogP contribution in [0.25, 0.3) is 0 Å². The second-order valence-corrected chi connectivity index (χ2v) is 5.36. The number of rotatable bonds is 4. The van der Waals surface area contributed by atoms with Gasteiger partial charge in [-0.05, 0) is 53.5 Å². The molecule has 0 bridgehead atoms. The minimum absolute atomic E-state index is 0.108. The number of aryl methyl sites for hydroxylation is 1. The molecule has 0 amide bonds. The van der Waals surface area contributed by atoms with E-state index < -0.39 is 23.2 Å². The van der Waals surface area contributed by atoms with E-state index in [1.807, 2.05) is 32.8 Å². The number of likely N-dealkylation sites (N-methyl/N-ethyl adjacent to an activating group) is 2. The lowest BCUT2D eigenvalue weighted by Gasteiger charge is -2.40. The van der Waals surface area contributed by atoms with E-state index >= 15 is 0 Å². The normalized spacial score (nSPS) is 14.1. The summed E-state index contributed by atoms with van der Waals surface area (Å²) in [7, 11) is 5.52. The molecule has 1 rings (SSSR count). The number of halogens is 2. The van der Waals surface area contributed by atoms with Gasteiger partial charge in [0.1, 0.15) is 11.6 Å². The lowest BCUT2D eigenvalue weighted by molar-refractivity contribution is 0.138. The van der Waals surface area contributed by atoms with Crippen molar-refractivity contribution in [3.63, 3.8) is 0 Å². The maximum Gasteiger partial charge on any atom is 0.133 e. The topological polar surface area (TPSA) is 15.3 Å². The second kappa shape index (κ2) is 5.33.